The highest BCUT2D eigenvalue weighted by molar-refractivity contribution is 5.61. The minimum absolute atomic E-state index is 0.0298. The SMILES string of the molecule is Cn1cncc1-c1ccc(COc2cccc(-c3cc(F)ccc3F)n2)c(F)c1. The molecule has 0 spiro atoms. The van der Waals surface area contributed by atoms with Crippen molar-refractivity contribution in [3.8, 4) is 28.4 Å². The topological polar surface area (TPSA) is 39.9 Å². The molecule has 2 aromatic heterocycles. The Morgan fingerprint density at radius 3 is 2.59 bits per heavy atom. The van der Waals surface area contributed by atoms with Crippen molar-refractivity contribution in [3.05, 3.63) is 90.1 Å². The molecule has 29 heavy (non-hydrogen) atoms. The fraction of sp³-hybridized carbons (Fsp3) is 0.0909. The summed E-state index contributed by atoms with van der Waals surface area (Å²) >= 11 is 0. The Morgan fingerprint density at radius 1 is 0.966 bits per heavy atom. The number of aryl methyl sites for hydroxylation is 1. The van der Waals surface area contributed by atoms with Gasteiger partial charge in [-0.15, -0.1) is 0 Å². The molecule has 4 aromatic rings. The number of benzene rings is 2. The van der Waals surface area contributed by atoms with Gasteiger partial charge in [-0.1, -0.05) is 18.2 Å². The van der Waals surface area contributed by atoms with Gasteiger partial charge in [0, 0.05) is 29.8 Å². The van der Waals surface area contributed by atoms with Crippen molar-refractivity contribution >= 4 is 0 Å². The van der Waals surface area contributed by atoms with E-state index < -0.39 is 17.5 Å². The summed E-state index contributed by atoms with van der Waals surface area (Å²) in [5.41, 5.74) is 2.10. The van der Waals surface area contributed by atoms with Crippen LogP contribution < -0.4 is 4.74 Å². The summed E-state index contributed by atoms with van der Waals surface area (Å²) in [6.45, 7) is -0.0560. The Balaban J connectivity index is 1.52. The van der Waals surface area contributed by atoms with Crippen LogP contribution in [0.15, 0.2) is 67.1 Å². The first-order valence-corrected chi connectivity index (χ1v) is 8.81. The van der Waals surface area contributed by atoms with Crippen molar-refractivity contribution in [2.75, 3.05) is 0 Å². The van der Waals surface area contributed by atoms with Gasteiger partial charge in [0.05, 0.1) is 23.9 Å². The minimum atomic E-state index is -0.590. The molecule has 0 saturated carbocycles. The summed E-state index contributed by atoms with van der Waals surface area (Å²) < 4.78 is 49.3. The highest BCUT2D eigenvalue weighted by Crippen LogP contribution is 2.25. The van der Waals surface area contributed by atoms with Crippen LogP contribution in [0, 0.1) is 17.5 Å². The lowest BCUT2D eigenvalue weighted by Gasteiger charge is -2.10. The average molecular weight is 395 g/mol. The zero-order chi connectivity index (χ0) is 20.4. The summed E-state index contributed by atoms with van der Waals surface area (Å²) in [6.07, 6.45) is 3.30. The molecule has 146 valence electrons. The van der Waals surface area contributed by atoms with Gasteiger partial charge in [0.2, 0.25) is 5.88 Å². The third-order valence-corrected chi connectivity index (χ3v) is 4.47. The monoisotopic (exact) mass is 395 g/mol. The van der Waals surface area contributed by atoms with Crippen LogP contribution >= 0.6 is 0 Å². The number of rotatable bonds is 5. The van der Waals surface area contributed by atoms with E-state index in [-0.39, 0.29) is 23.7 Å². The van der Waals surface area contributed by atoms with Crippen molar-refractivity contribution in [1.82, 2.24) is 14.5 Å². The van der Waals surface area contributed by atoms with Crippen molar-refractivity contribution in [3.63, 3.8) is 0 Å². The van der Waals surface area contributed by atoms with E-state index in [1.165, 1.54) is 6.07 Å². The molecule has 0 unspecified atom stereocenters. The van der Waals surface area contributed by atoms with Gasteiger partial charge >= 0.3 is 0 Å². The molecule has 0 amide bonds. The van der Waals surface area contributed by atoms with E-state index in [1.54, 1.807) is 47.4 Å². The second kappa shape index (κ2) is 7.79. The third-order valence-electron chi connectivity index (χ3n) is 4.47. The van der Waals surface area contributed by atoms with Crippen LogP contribution in [0.4, 0.5) is 13.2 Å². The molecule has 4 rings (SSSR count). The first-order valence-electron chi connectivity index (χ1n) is 8.81. The van der Waals surface area contributed by atoms with Gasteiger partial charge in [0.25, 0.3) is 0 Å². The Hall–Kier alpha value is -3.61. The van der Waals surface area contributed by atoms with Gasteiger partial charge in [-0.25, -0.2) is 23.1 Å². The van der Waals surface area contributed by atoms with E-state index in [0.29, 0.717) is 11.1 Å². The highest BCUT2D eigenvalue weighted by Gasteiger charge is 2.11. The lowest BCUT2D eigenvalue weighted by Crippen LogP contribution is -2.01. The lowest BCUT2D eigenvalue weighted by molar-refractivity contribution is 0.288. The van der Waals surface area contributed by atoms with Gasteiger partial charge in [-0.3, -0.25) is 0 Å². The number of aromatic nitrogens is 3. The fourth-order valence-corrected chi connectivity index (χ4v) is 2.95. The standard InChI is InChI=1S/C22H16F3N3O/c1-28-13-26-11-21(28)14-5-6-15(19(25)9-14)12-29-22-4-2-3-20(27-22)17-10-16(23)7-8-18(17)24/h2-11,13H,12H2,1H3. The second-order valence-corrected chi connectivity index (χ2v) is 6.47. The maximum atomic E-state index is 14.5. The van der Waals surface area contributed by atoms with Gasteiger partial charge in [0.15, 0.2) is 0 Å². The summed E-state index contributed by atoms with van der Waals surface area (Å²) in [4.78, 5) is 8.22. The van der Waals surface area contributed by atoms with E-state index >= 15 is 0 Å². The maximum absolute atomic E-state index is 14.5. The summed E-state index contributed by atoms with van der Waals surface area (Å²) in [7, 11) is 1.83. The predicted molar refractivity (Wildman–Crippen MR) is 103 cm³/mol. The van der Waals surface area contributed by atoms with E-state index in [9.17, 15) is 13.2 Å². The molecular weight excluding hydrogens is 379 g/mol. The second-order valence-electron chi connectivity index (χ2n) is 6.47. The summed E-state index contributed by atoms with van der Waals surface area (Å²) in [6, 6.07) is 12.7. The Labute approximate surface area is 165 Å². The number of pyridine rings is 1. The zero-order valence-corrected chi connectivity index (χ0v) is 15.4. The molecule has 2 heterocycles. The Bertz CT molecular complexity index is 1170. The molecule has 0 aliphatic rings. The lowest BCUT2D eigenvalue weighted by atomic mass is 10.1. The van der Waals surface area contributed by atoms with Crippen LogP contribution in [-0.2, 0) is 13.7 Å². The molecule has 0 aliphatic carbocycles. The molecule has 4 nitrogen and oxygen atoms in total. The molecule has 7 heteroatoms. The van der Waals surface area contributed by atoms with E-state index in [2.05, 4.69) is 9.97 Å². The van der Waals surface area contributed by atoms with E-state index in [0.717, 1.165) is 23.9 Å². The fourth-order valence-electron chi connectivity index (χ4n) is 2.95. The molecular formula is C22H16F3N3O. The highest BCUT2D eigenvalue weighted by atomic mass is 19.1. The van der Waals surface area contributed by atoms with Gasteiger partial charge in [-0.2, -0.15) is 0 Å². The zero-order valence-electron chi connectivity index (χ0n) is 15.4. The maximum Gasteiger partial charge on any atom is 0.214 e. The normalized spacial score (nSPS) is 10.9. The van der Waals surface area contributed by atoms with Crippen molar-refractivity contribution in [1.29, 1.82) is 0 Å². The van der Waals surface area contributed by atoms with Crippen molar-refractivity contribution in [2.45, 2.75) is 6.61 Å². The van der Waals surface area contributed by atoms with Crippen molar-refractivity contribution in [2.24, 2.45) is 7.05 Å². The number of hydrogen-bond donors (Lipinski definition) is 0. The molecule has 0 N–H and O–H groups in total. The van der Waals surface area contributed by atoms with Crippen LogP contribution in [0.2, 0.25) is 0 Å². The number of hydrogen-bond acceptors (Lipinski definition) is 3. The number of nitrogens with zero attached hydrogens (tertiary/aromatic N) is 3. The summed E-state index contributed by atoms with van der Waals surface area (Å²) in [5.74, 6) is -1.39. The largest absolute Gasteiger partial charge is 0.473 e. The van der Waals surface area contributed by atoms with Crippen molar-refractivity contribution < 1.29 is 17.9 Å². The van der Waals surface area contributed by atoms with Crippen LogP contribution in [0.25, 0.3) is 22.5 Å². The van der Waals surface area contributed by atoms with Crippen LogP contribution in [-0.4, -0.2) is 14.5 Å². The quantitative estimate of drug-likeness (QED) is 0.469. The molecule has 0 fully saturated rings. The van der Waals surface area contributed by atoms with E-state index in [1.807, 2.05) is 7.05 Å². The van der Waals surface area contributed by atoms with Gasteiger partial charge in [-0.05, 0) is 30.3 Å². The number of imidazole rings is 1. The number of halogens is 3. The van der Waals surface area contributed by atoms with Crippen LogP contribution in [0.5, 0.6) is 5.88 Å². The minimum Gasteiger partial charge on any atom is -0.473 e. The Morgan fingerprint density at radius 2 is 1.83 bits per heavy atom. The molecule has 0 atom stereocenters. The average Bonchev–Trinajstić information content (AvgIpc) is 3.15. The third kappa shape index (κ3) is 3.99. The molecule has 2 aromatic carbocycles. The first kappa shape index (κ1) is 18.7. The molecule has 0 radical (unpaired) electrons. The predicted octanol–water partition coefficient (Wildman–Crippen LogP) is 5.15. The molecule has 0 aliphatic heterocycles. The summed E-state index contributed by atoms with van der Waals surface area (Å²) in [5, 5.41) is 0. The smallest absolute Gasteiger partial charge is 0.214 e. The molecule has 0 bridgehead atoms. The molecule has 0 saturated heterocycles. The van der Waals surface area contributed by atoms with E-state index in [4.69, 9.17) is 4.74 Å². The van der Waals surface area contributed by atoms with Gasteiger partial charge in [0.1, 0.15) is 24.1 Å². The Kier molecular flexibility index (Phi) is 5.03. The van der Waals surface area contributed by atoms with Gasteiger partial charge < -0.3 is 9.30 Å². The first-order chi connectivity index (χ1) is 14.0. The number of ether oxygens (including phenoxy) is 1. The van der Waals surface area contributed by atoms with Crippen LogP contribution in [0.1, 0.15) is 5.56 Å². The van der Waals surface area contributed by atoms with Crippen LogP contribution in [0.3, 0.4) is 0 Å².